The molecule has 5 nitrogen and oxygen atoms in total. The molecule has 0 aromatic carbocycles. The first kappa shape index (κ1) is 15.7. The normalized spacial score (nSPS) is 24.6. The number of hydrogen-bond donors (Lipinski definition) is 2. The second-order valence-corrected chi connectivity index (χ2v) is 6.32. The molecule has 2 saturated heterocycles. The Hall–Kier alpha value is -0.650. The van der Waals surface area contributed by atoms with Crippen molar-refractivity contribution in [2.45, 2.75) is 38.6 Å². The van der Waals surface area contributed by atoms with Crippen LogP contribution in [0.5, 0.6) is 0 Å². The van der Waals surface area contributed by atoms with E-state index in [2.05, 4.69) is 17.1 Å². The summed E-state index contributed by atoms with van der Waals surface area (Å²) in [6, 6.07) is 0.482. The van der Waals surface area contributed by atoms with Gasteiger partial charge in [-0.2, -0.15) is 0 Å². The van der Waals surface area contributed by atoms with Crippen LogP contribution in [0.4, 0.5) is 0 Å². The van der Waals surface area contributed by atoms with Crippen LogP contribution in [-0.2, 0) is 4.79 Å². The Kier molecular flexibility index (Phi) is 6.26. The van der Waals surface area contributed by atoms with Gasteiger partial charge in [-0.3, -0.25) is 9.69 Å². The van der Waals surface area contributed by atoms with E-state index in [9.17, 15) is 9.90 Å². The quantitative estimate of drug-likeness (QED) is 0.736. The molecular formula is C15H29N3O2. The molecule has 0 aromatic rings. The van der Waals surface area contributed by atoms with E-state index in [-0.39, 0.29) is 12.5 Å². The number of likely N-dealkylation sites (tertiary alicyclic amines) is 1. The zero-order valence-corrected chi connectivity index (χ0v) is 12.7. The van der Waals surface area contributed by atoms with Crippen molar-refractivity contribution in [1.82, 2.24) is 15.1 Å². The summed E-state index contributed by atoms with van der Waals surface area (Å²) in [7, 11) is 0. The smallest absolute Gasteiger partial charge is 0.236 e. The van der Waals surface area contributed by atoms with Crippen molar-refractivity contribution in [2.24, 2.45) is 5.92 Å². The lowest BCUT2D eigenvalue weighted by atomic mass is 9.99. The van der Waals surface area contributed by atoms with Gasteiger partial charge in [0.25, 0.3) is 0 Å². The molecule has 0 spiro atoms. The fourth-order valence-corrected chi connectivity index (χ4v) is 3.15. The van der Waals surface area contributed by atoms with E-state index < -0.39 is 0 Å². The Labute approximate surface area is 122 Å². The van der Waals surface area contributed by atoms with Crippen LogP contribution < -0.4 is 5.32 Å². The molecule has 1 unspecified atom stereocenters. The number of aliphatic hydroxyl groups is 1. The summed E-state index contributed by atoms with van der Waals surface area (Å²) in [6.07, 6.45) is 4.64. The Morgan fingerprint density at radius 2 is 2.10 bits per heavy atom. The van der Waals surface area contributed by atoms with E-state index in [4.69, 9.17) is 0 Å². The molecule has 1 amide bonds. The summed E-state index contributed by atoms with van der Waals surface area (Å²) >= 11 is 0. The van der Waals surface area contributed by atoms with Crippen molar-refractivity contribution in [1.29, 1.82) is 0 Å². The number of nitrogens with one attached hydrogen (secondary N) is 1. The first-order valence-corrected chi connectivity index (χ1v) is 8.03. The second kappa shape index (κ2) is 7.96. The molecule has 0 saturated carbocycles. The standard InChI is InChI=1S/C15H29N3O2/c1-13-4-7-18(8-5-13)15(20)12-17(9-10-19)11-14-3-2-6-16-14/h13-14,16,19H,2-12H2,1H3. The highest BCUT2D eigenvalue weighted by Crippen LogP contribution is 2.16. The lowest BCUT2D eigenvalue weighted by Crippen LogP contribution is -2.47. The number of hydrogen-bond acceptors (Lipinski definition) is 4. The van der Waals surface area contributed by atoms with Gasteiger partial charge in [0.1, 0.15) is 0 Å². The summed E-state index contributed by atoms with van der Waals surface area (Å²) in [4.78, 5) is 16.4. The van der Waals surface area contributed by atoms with Gasteiger partial charge in [0.05, 0.1) is 13.2 Å². The highest BCUT2D eigenvalue weighted by molar-refractivity contribution is 5.78. The van der Waals surface area contributed by atoms with Crippen molar-refractivity contribution in [3.8, 4) is 0 Å². The van der Waals surface area contributed by atoms with Crippen molar-refractivity contribution in [3.05, 3.63) is 0 Å². The number of piperidine rings is 1. The number of nitrogens with zero attached hydrogens (tertiary/aromatic N) is 2. The summed E-state index contributed by atoms with van der Waals surface area (Å²) < 4.78 is 0. The van der Waals surface area contributed by atoms with Crippen LogP contribution in [0.1, 0.15) is 32.6 Å². The SMILES string of the molecule is CC1CCN(C(=O)CN(CCO)CC2CCCN2)CC1. The third-order valence-corrected chi connectivity index (χ3v) is 4.55. The summed E-state index contributed by atoms with van der Waals surface area (Å²) in [6.45, 7) is 7.17. The van der Waals surface area contributed by atoms with Crippen LogP contribution in [0.3, 0.4) is 0 Å². The summed E-state index contributed by atoms with van der Waals surface area (Å²) in [5.41, 5.74) is 0. The maximum atomic E-state index is 12.3. The van der Waals surface area contributed by atoms with Gasteiger partial charge >= 0.3 is 0 Å². The van der Waals surface area contributed by atoms with E-state index >= 15 is 0 Å². The average molecular weight is 283 g/mol. The fourth-order valence-electron chi connectivity index (χ4n) is 3.15. The summed E-state index contributed by atoms with van der Waals surface area (Å²) in [5, 5.41) is 12.6. The topological polar surface area (TPSA) is 55.8 Å². The Morgan fingerprint density at radius 3 is 2.70 bits per heavy atom. The van der Waals surface area contributed by atoms with Gasteiger partial charge in [-0.05, 0) is 38.1 Å². The van der Waals surface area contributed by atoms with Crippen molar-refractivity contribution in [3.63, 3.8) is 0 Å². The molecule has 2 fully saturated rings. The van der Waals surface area contributed by atoms with Gasteiger partial charge in [-0.15, -0.1) is 0 Å². The van der Waals surface area contributed by atoms with Gasteiger partial charge in [-0.1, -0.05) is 6.92 Å². The number of rotatable bonds is 6. The van der Waals surface area contributed by atoms with Crippen LogP contribution in [0, 0.1) is 5.92 Å². The molecule has 1 atom stereocenters. The number of carbonyl (C=O) groups excluding carboxylic acids is 1. The van der Waals surface area contributed by atoms with Crippen molar-refractivity contribution in [2.75, 3.05) is 45.9 Å². The van der Waals surface area contributed by atoms with Gasteiger partial charge in [-0.25, -0.2) is 0 Å². The Morgan fingerprint density at radius 1 is 1.35 bits per heavy atom. The maximum Gasteiger partial charge on any atom is 0.236 e. The first-order valence-electron chi connectivity index (χ1n) is 8.03. The molecule has 0 bridgehead atoms. The van der Waals surface area contributed by atoms with Gasteiger partial charge < -0.3 is 15.3 Å². The molecule has 0 aliphatic carbocycles. The van der Waals surface area contributed by atoms with Crippen LogP contribution >= 0.6 is 0 Å². The van der Waals surface area contributed by atoms with Crippen molar-refractivity contribution >= 4 is 5.91 Å². The molecule has 2 rings (SSSR count). The molecule has 5 heteroatoms. The zero-order valence-electron chi connectivity index (χ0n) is 12.7. The second-order valence-electron chi connectivity index (χ2n) is 6.32. The molecule has 2 heterocycles. The van der Waals surface area contributed by atoms with E-state index in [1.807, 2.05) is 4.90 Å². The van der Waals surface area contributed by atoms with E-state index in [1.165, 1.54) is 12.8 Å². The minimum Gasteiger partial charge on any atom is -0.395 e. The van der Waals surface area contributed by atoms with Gasteiger partial charge in [0, 0.05) is 32.2 Å². The number of amides is 1. The van der Waals surface area contributed by atoms with E-state index in [0.29, 0.717) is 19.1 Å². The predicted octanol–water partition coefficient (Wildman–Crippen LogP) is 0.291. The molecule has 116 valence electrons. The van der Waals surface area contributed by atoms with Crippen LogP contribution in [0.25, 0.3) is 0 Å². The molecular weight excluding hydrogens is 254 g/mol. The van der Waals surface area contributed by atoms with Crippen LogP contribution in [0.2, 0.25) is 0 Å². The third kappa shape index (κ3) is 4.72. The average Bonchev–Trinajstić information content (AvgIpc) is 2.92. The Balaban J connectivity index is 1.78. The molecule has 20 heavy (non-hydrogen) atoms. The van der Waals surface area contributed by atoms with E-state index in [1.54, 1.807) is 0 Å². The van der Waals surface area contributed by atoms with E-state index in [0.717, 1.165) is 44.9 Å². The van der Waals surface area contributed by atoms with Crippen molar-refractivity contribution < 1.29 is 9.90 Å². The molecule has 2 aliphatic rings. The summed E-state index contributed by atoms with van der Waals surface area (Å²) in [5.74, 6) is 0.971. The largest absolute Gasteiger partial charge is 0.395 e. The zero-order chi connectivity index (χ0) is 14.4. The minimum absolute atomic E-state index is 0.122. The maximum absolute atomic E-state index is 12.3. The van der Waals surface area contributed by atoms with Gasteiger partial charge in [0.15, 0.2) is 0 Å². The van der Waals surface area contributed by atoms with Crippen LogP contribution in [-0.4, -0.2) is 72.7 Å². The van der Waals surface area contributed by atoms with Gasteiger partial charge in [0.2, 0.25) is 5.91 Å². The third-order valence-electron chi connectivity index (χ3n) is 4.55. The number of carbonyl (C=O) groups is 1. The molecule has 0 aromatic heterocycles. The fraction of sp³-hybridized carbons (Fsp3) is 0.933. The Bertz CT molecular complexity index is 297. The highest BCUT2D eigenvalue weighted by Gasteiger charge is 2.24. The lowest BCUT2D eigenvalue weighted by molar-refractivity contribution is -0.133. The predicted molar refractivity (Wildman–Crippen MR) is 79.5 cm³/mol. The highest BCUT2D eigenvalue weighted by atomic mass is 16.3. The molecule has 2 aliphatic heterocycles. The monoisotopic (exact) mass is 283 g/mol. The minimum atomic E-state index is 0.122. The van der Waals surface area contributed by atoms with Crippen LogP contribution in [0.15, 0.2) is 0 Å². The molecule has 0 radical (unpaired) electrons. The number of aliphatic hydroxyl groups excluding tert-OH is 1. The lowest BCUT2D eigenvalue weighted by Gasteiger charge is -2.33. The first-order chi connectivity index (χ1) is 9.69. The molecule has 2 N–H and O–H groups in total.